The topological polar surface area (TPSA) is 84.5 Å². The Morgan fingerprint density at radius 3 is 2.96 bits per heavy atom. The average molecular weight is 352 g/mol. The first kappa shape index (κ1) is 16.7. The van der Waals surface area contributed by atoms with Crippen molar-refractivity contribution in [1.29, 1.82) is 0 Å². The Balaban J connectivity index is 1.58. The molecular weight excluding hydrogens is 332 g/mol. The van der Waals surface area contributed by atoms with E-state index < -0.39 is 6.10 Å². The highest BCUT2D eigenvalue weighted by atomic mass is 16.5. The number of hydrogen-bond donors (Lipinski definition) is 1. The molecule has 3 heterocycles. The molecule has 4 rings (SSSR count). The second-order valence-corrected chi connectivity index (χ2v) is 6.34. The molecule has 0 bridgehead atoms. The van der Waals surface area contributed by atoms with Gasteiger partial charge in [-0.05, 0) is 24.6 Å². The highest BCUT2D eigenvalue weighted by molar-refractivity contribution is 5.51. The van der Waals surface area contributed by atoms with Gasteiger partial charge in [-0.1, -0.05) is 23.4 Å². The quantitative estimate of drug-likeness (QED) is 0.755. The summed E-state index contributed by atoms with van der Waals surface area (Å²) in [5.74, 6) is 1.84. The lowest BCUT2D eigenvalue weighted by Gasteiger charge is -2.22. The molecule has 134 valence electrons. The normalized spacial score (nSPS) is 20.4. The van der Waals surface area contributed by atoms with Gasteiger partial charge in [-0.2, -0.15) is 4.98 Å². The highest BCUT2D eigenvalue weighted by Gasteiger charge is 2.36. The fourth-order valence-corrected chi connectivity index (χ4v) is 3.35. The van der Waals surface area contributed by atoms with Gasteiger partial charge in [0.05, 0.1) is 19.3 Å². The number of methoxy groups -OCH3 is 1. The number of aliphatic hydroxyl groups excluding tert-OH is 1. The van der Waals surface area contributed by atoms with Crippen LogP contribution in [0.4, 0.5) is 0 Å². The number of aliphatic hydroxyl groups is 1. The molecule has 1 aromatic carbocycles. The molecule has 1 N–H and O–H groups in total. The van der Waals surface area contributed by atoms with Crippen LogP contribution in [0.3, 0.4) is 0 Å². The minimum absolute atomic E-state index is 0.132. The Morgan fingerprint density at radius 2 is 2.15 bits per heavy atom. The third-order valence-electron chi connectivity index (χ3n) is 4.59. The van der Waals surface area contributed by atoms with Crippen LogP contribution < -0.4 is 4.74 Å². The molecule has 0 amide bonds. The van der Waals surface area contributed by atoms with Crippen molar-refractivity contribution < 1.29 is 14.4 Å². The van der Waals surface area contributed by atoms with Gasteiger partial charge in [-0.25, -0.2) is 0 Å². The maximum Gasteiger partial charge on any atom is 0.244 e. The van der Waals surface area contributed by atoms with Gasteiger partial charge in [0, 0.05) is 36.6 Å². The lowest BCUT2D eigenvalue weighted by Crippen LogP contribution is -2.24. The number of likely N-dealkylation sites (tertiary alicyclic amines) is 1. The zero-order valence-corrected chi connectivity index (χ0v) is 14.4. The maximum atomic E-state index is 10.2. The maximum absolute atomic E-state index is 10.2. The van der Waals surface area contributed by atoms with Crippen molar-refractivity contribution in [2.75, 3.05) is 13.7 Å². The Labute approximate surface area is 151 Å². The van der Waals surface area contributed by atoms with Gasteiger partial charge in [0.1, 0.15) is 5.75 Å². The van der Waals surface area contributed by atoms with E-state index in [4.69, 9.17) is 9.26 Å². The van der Waals surface area contributed by atoms with Crippen molar-refractivity contribution in [3.8, 4) is 17.1 Å². The summed E-state index contributed by atoms with van der Waals surface area (Å²) in [5, 5.41) is 14.3. The molecular formula is C19H20N4O3. The van der Waals surface area contributed by atoms with Gasteiger partial charge in [-0.3, -0.25) is 9.88 Å². The number of rotatable bonds is 5. The lowest BCUT2D eigenvalue weighted by molar-refractivity contribution is 0.168. The smallest absolute Gasteiger partial charge is 0.244 e. The SMILES string of the molecule is COc1ccccc1CN1C[C@H](O)C[C@H]1c1nc(-c2cccnc2)no1. The molecule has 0 aliphatic carbocycles. The van der Waals surface area contributed by atoms with Crippen LogP contribution in [0.1, 0.15) is 23.9 Å². The summed E-state index contributed by atoms with van der Waals surface area (Å²) in [6.45, 7) is 1.18. The average Bonchev–Trinajstić information content (AvgIpc) is 3.29. The minimum atomic E-state index is -0.427. The molecule has 3 aromatic rings. The van der Waals surface area contributed by atoms with Crippen LogP contribution in [-0.4, -0.2) is 44.9 Å². The standard InChI is InChI=1S/C19H20N4O3/c1-25-17-7-3-2-5-14(17)11-23-12-15(24)9-16(23)19-21-18(22-26-19)13-6-4-8-20-10-13/h2-8,10,15-16,24H,9,11-12H2,1H3/t15-,16+/m1/s1. The van der Waals surface area contributed by atoms with Crippen molar-refractivity contribution in [3.63, 3.8) is 0 Å². The van der Waals surface area contributed by atoms with E-state index in [0.717, 1.165) is 16.9 Å². The van der Waals surface area contributed by atoms with Crippen molar-refractivity contribution in [1.82, 2.24) is 20.0 Å². The second kappa shape index (κ2) is 7.23. The van der Waals surface area contributed by atoms with Gasteiger partial charge >= 0.3 is 0 Å². The Kier molecular flexibility index (Phi) is 4.64. The van der Waals surface area contributed by atoms with Crippen LogP contribution in [0.2, 0.25) is 0 Å². The largest absolute Gasteiger partial charge is 0.496 e. The number of pyridine rings is 1. The minimum Gasteiger partial charge on any atom is -0.496 e. The number of β-amino-alcohol motifs (C(OH)–C–C–N with tert-alkyl or cyclic N) is 1. The van der Waals surface area contributed by atoms with Crippen LogP contribution >= 0.6 is 0 Å². The Hall–Kier alpha value is -2.77. The fourth-order valence-electron chi connectivity index (χ4n) is 3.35. The monoisotopic (exact) mass is 352 g/mol. The molecule has 0 unspecified atom stereocenters. The van der Waals surface area contributed by atoms with Gasteiger partial charge in [0.2, 0.25) is 11.7 Å². The second-order valence-electron chi connectivity index (χ2n) is 6.34. The molecule has 0 saturated carbocycles. The van der Waals surface area contributed by atoms with Crippen molar-refractivity contribution >= 4 is 0 Å². The Bertz CT molecular complexity index is 868. The third-order valence-corrected chi connectivity index (χ3v) is 4.59. The van der Waals surface area contributed by atoms with Gasteiger partial charge in [0.15, 0.2) is 0 Å². The number of benzene rings is 1. The molecule has 2 atom stereocenters. The number of hydrogen-bond acceptors (Lipinski definition) is 7. The van der Waals surface area contributed by atoms with Gasteiger partial charge in [0.25, 0.3) is 0 Å². The van der Waals surface area contributed by atoms with E-state index in [1.54, 1.807) is 19.5 Å². The summed E-state index contributed by atoms with van der Waals surface area (Å²) in [7, 11) is 1.66. The molecule has 0 radical (unpaired) electrons. The first-order valence-electron chi connectivity index (χ1n) is 8.52. The number of ether oxygens (including phenoxy) is 1. The number of aromatic nitrogens is 3. The van der Waals surface area contributed by atoms with Crippen LogP contribution in [0.15, 0.2) is 53.3 Å². The lowest BCUT2D eigenvalue weighted by atomic mass is 10.1. The zero-order valence-electron chi connectivity index (χ0n) is 14.4. The molecule has 7 heteroatoms. The van der Waals surface area contributed by atoms with E-state index in [9.17, 15) is 5.11 Å². The Morgan fingerprint density at radius 1 is 1.27 bits per heavy atom. The molecule has 2 aromatic heterocycles. The van der Waals surface area contributed by atoms with E-state index in [2.05, 4.69) is 20.0 Å². The van der Waals surface area contributed by atoms with E-state index in [0.29, 0.717) is 31.2 Å². The van der Waals surface area contributed by atoms with Crippen molar-refractivity contribution in [2.45, 2.75) is 25.1 Å². The third kappa shape index (κ3) is 3.31. The van der Waals surface area contributed by atoms with E-state index in [1.165, 1.54) is 0 Å². The van der Waals surface area contributed by atoms with Crippen LogP contribution in [0, 0.1) is 0 Å². The predicted octanol–water partition coefficient (Wildman–Crippen LogP) is 2.45. The summed E-state index contributed by atoms with van der Waals surface area (Å²) in [6.07, 6.45) is 3.53. The van der Waals surface area contributed by atoms with Crippen molar-refractivity contribution in [3.05, 3.63) is 60.2 Å². The van der Waals surface area contributed by atoms with Crippen LogP contribution in [0.5, 0.6) is 5.75 Å². The van der Waals surface area contributed by atoms with Gasteiger partial charge in [-0.15, -0.1) is 0 Å². The predicted molar refractivity (Wildman–Crippen MR) is 94.3 cm³/mol. The summed E-state index contributed by atoms with van der Waals surface area (Å²) in [4.78, 5) is 10.8. The highest BCUT2D eigenvalue weighted by Crippen LogP contribution is 2.34. The number of nitrogens with zero attached hydrogens (tertiary/aromatic N) is 4. The number of para-hydroxylation sites is 1. The van der Waals surface area contributed by atoms with E-state index in [-0.39, 0.29) is 6.04 Å². The summed E-state index contributed by atoms with van der Waals surface area (Å²) in [6, 6.07) is 11.5. The zero-order chi connectivity index (χ0) is 17.9. The summed E-state index contributed by atoms with van der Waals surface area (Å²) >= 11 is 0. The molecule has 1 saturated heterocycles. The fraction of sp³-hybridized carbons (Fsp3) is 0.316. The van der Waals surface area contributed by atoms with E-state index >= 15 is 0 Å². The molecule has 26 heavy (non-hydrogen) atoms. The first-order chi connectivity index (χ1) is 12.7. The first-order valence-corrected chi connectivity index (χ1v) is 8.52. The molecule has 1 fully saturated rings. The molecule has 7 nitrogen and oxygen atoms in total. The summed E-state index contributed by atoms with van der Waals surface area (Å²) in [5.41, 5.74) is 1.86. The molecule has 0 spiro atoms. The summed E-state index contributed by atoms with van der Waals surface area (Å²) < 4.78 is 10.9. The van der Waals surface area contributed by atoms with Crippen LogP contribution in [0.25, 0.3) is 11.4 Å². The van der Waals surface area contributed by atoms with Crippen LogP contribution in [-0.2, 0) is 6.54 Å². The van der Waals surface area contributed by atoms with Crippen molar-refractivity contribution in [2.24, 2.45) is 0 Å². The van der Waals surface area contributed by atoms with Gasteiger partial charge < -0.3 is 14.4 Å². The molecule has 1 aliphatic heterocycles. The molecule has 1 aliphatic rings. The van der Waals surface area contributed by atoms with E-state index in [1.807, 2.05) is 36.4 Å².